The fourth-order valence-electron chi connectivity index (χ4n) is 2.81. The van der Waals surface area contributed by atoms with Crippen molar-refractivity contribution < 1.29 is 9.32 Å². The van der Waals surface area contributed by atoms with Crippen LogP contribution < -0.4 is 5.32 Å². The molecule has 3 aromatic heterocycles. The van der Waals surface area contributed by atoms with Crippen LogP contribution in [0, 0.1) is 13.8 Å². The maximum Gasteiger partial charge on any atom is 0.253 e. The Kier molecular flexibility index (Phi) is 4.33. The predicted molar refractivity (Wildman–Crippen MR) is 99.9 cm³/mol. The highest BCUT2D eigenvalue weighted by atomic mass is 16.5. The number of pyridine rings is 2. The van der Waals surface area contributed by atoms with Crippen molar-refractivity contribution in [2.45, 2.75) is 20.4 Å². The molecule has 0 unspecified atom stereocenters. The molecule has 0 aliphatic heterocycles. The summed E-state index contributed by atoms with van der Waals surface area (Å²) in [6, 6.07) is 11.5. The quantitative estimate of drug-likeness (QED) is 0.601. The van der Waals surface area contributed by atoms with Crippen LogP contribution in [0.15, 0.2) is 53.3 Å². The number of carbonyl (C=O) groups excluding carboxylic acids is 1. The van der Waals surface area contributed by atoms with Crippen LogP contribution in [-0.4, -0.2) is 26.0 Å². The highest BCUT2D eigenvalue weighted by Gasteiger charge is 2.14. The molecule has 4 rings (SSSR count). The van der Waals surface area contributed by atoms with Crippen LogP contribution in [0.1, 0.15) is 27.5 Å². The van der Waals surface area contributed by atoms with Crippen molar-refractivity contribution in [2.75, 3.05) is 0 Å². The number of hydrogen-bond donors (Lipinski definition) is 1. The topological polar surface area (TPSA) is 93.8 Å². The Morgan fingerprint density at radius 2 is 2.04 bits per heavy atom. The molecule has 0 atom stereocenters. The van der Waals surface area contributed by atoms with Crippen LogP contribution >= 0.6 is 0 Å². The van der Waals surface area contributed by atoms with E-state index in [-0.39, 0.29) is 12.5 Å². The molecule has 0 aliphatic carbocycles. The van der Waals surface area contributed by atoms with Gasteiger partial charge in [-0.2, -0.15) is 4.98 Å². The number of aryl methyl sites for hydroxylation is 2. The molecule has 27 heavy (non-hydrogen) atoms. The summed E-state index contributed by atoms with van der Waals surface area (Å²) in [6.07, 6.45) is 3.32. The Balaban J connectivity index is 1.51. The summed E-state index contributed by atoms with van der Waals surface area (Å²) in [5.41, 5.74) is 3.94. The maximum absolute atomic E-state index is 12.6. The molecule has 7 nitrogen and oxygen atoms in total. The summed E-state index contributed by atoms with van der Waals surface area (Å²) in [7, 11) is 0. The Bertz CT molecular complexity index is 1120. The van der Waals surface area contributed by atoms with Gasteiger partial charge in [-0.15, -0.1) is 0 Å². The average molecular weight is 359 g/mol. The Labute approximate surface area is 155 Å². The Morgan fingerprint density at radius 3 is 2.85 bits per heavy atom. The van der Waals surface area contributed by atoms with Gasteiger partial charge in [-0.3, -0.25) is 14.8 Å². The molecule has 3 heterocycles. The van der Waals surface area contributed by atoms with E-state index in [0.717, 1.165) is 22.0 Å². The number of aromatic nitrogens is 4. The van der Waals surface area contributed by atoms with Gasteiger partial charge in [0, 0.05) is 23.3 Å². The number of nitrogens with zero attached hydrogens (tertiary/aromatic N) is 4. The van der Waals surface area contributed by atoms with Crippen LogP contribution in [-0.2, 0) is 6.54 Å². The first-order chi connectivity index (χ1) is 13.1. The van der Waals surface area contributed by atoms with Gasteiger partial charge in [0.25, 0.3) is 5.91 Å². The van der Waals surface area contributed by atoms with Crippen LogP contribution in [0.4, 0.5) is 0 Å². The molecule has 1 aromatic carbocycles. The molecule has 0 saturated heterocycles. The van der Waals surface area contributed by atoms with Gasteiger partial charge in [0.1, 0.15) is 0 Å². The standard InChI is InChI=1S/C20H17N5O2/c1-12-5-6-17-15(8-12)9-16(13(2)23-17)20(26)22-11-18-24-19(25-27-18)14-4-3-7-21-10-14/h3-10H,11H2,1-2H3,(H,22,26). The van der Waals surface area contributed by atoms with Gasteiger partial charge in [0.2, 0.25) is 11.7 Å². The number of rotatable bonds is 4. The van der Waals surface area contributed by atoms with E-state index in [1.54, 1.807) is 18.5 Å². The van der Waals surface area contributed by atoms with E-state index in [0.29, 0.717) is 23.0 Å². The second-order valence-electron chi connectivity index (χ2n) is 6.25. The second-order valence-corrected chi connectivity index (χ2v) is 6.25. The van der Waals surface area contributed by atoms with Crippen LogP contribution in [0.25, 0.3) is 22.3 Å². The molecule has 1 N–H and O–H groups in total. The third-order valence-electron chi connectivity index (χ3n) is 4.19. The van der Waals surface area contributed by atoms with Gasteiger partial charge < -0.3 is 9.84 Å². The molecule has 134 valence electrons. The monoisotopic (exact) mass is 359 g/mol. The number of fused-ring (bicyclic) bond motifs is 1. The molecular weight excluding hydrogens is 342 g/mol. The zero-order valence-corrected chi connectivity index (χ0v) is 14.9. The van der Waals surface area contributed by atoms with Crippen molar-refractivity contribution in [3.63, 3.8) is 0 Å². The summed E-state index contributed by atoms with van der Waals surface area (Å²) in [5, 5.41) is 7.66. The van der Waals surface area contributed by atoms with Crippen molar-refractivity contribution in [1.29, 1.82) is 0 Å². The first-order valence-electron chi connectivity index (χ1n) is 8.49. The van der Waals surface area contributed by atoms with Crippen molar-refractivity contribution in [1.82, 2.24) is 25.4 Å². The normalized spacial score (nSPS) is 10.9. The van der Waals surface area contributed by atoms with Crippen LogP contribution in [0.2, 0.25) is 0 Å². The highest BCUT2D eigenvalue weighted by Crippen LogP contribution is 2.18. The highest BCUT2D eigenvalue weighted by molar-refractivity contribution is 5.98. The third-order valence-corrected chi connectivity index (χ3v) is 4.19. The summed E-state index contributed by atoms with van der Waals surface area (Å²) < 4.78 is 5.20. The number of carbonyl (C=O) groups is 1. The van der Waals surface area contributed by atoms with E-state index >= 15 is 0 Å². The molecule has 4 aromatic rings. The van der Waals surface area contributed by atoms with E-state index in [1.807, 2.05) is 44.2 Å². The average Bonchev–Trinajstić information content (AvgIpc) is 3.16. The van der Waals surface area contributed by atoms with E-state index < -0.39 is 0 Å². The van der Waals surface area contributed by atoms with E-state index in [2.05, 4.69) is 25.4 Å². The van der Waals surface area contributed by atoms with Gasteiger partial charge in [-0.25, -0.2) is 0 Å². The van der Waals surface area contributed by atoms with E-state index in [4.69, 9.17) is 4.52 Å². The lowest BCUT2D eigenvalue weighted by atomic mass is 10.1. The van der Waals surface area contributed by atoms with E-state index in [9.17, 15) is 4.79 Å². The van der Waals surface area contributed by atoms with Crippen LogP contribution in [0.3, 0.4) is 0 Å². The fraction of sp³-hybridized carbons (Fsp3) is 0.150. The summed E-state index contributed by atoms with van der Waals surface area (Å²) in [4.78, 5) is 25.4. The molecular formula is C20H17N5O2. The van der Waals surface area contributed by atoms with Gasteiger partial charge in [-0.05, 0) is 44.2 Å². The summed E-state index contributed by atoms with van der Waals surface area (Å²) in [6.45, 7) is 3.97. The smallest absolute Gasteiger partial charge is 0.253 e. The van der Waals surface area contributed by atoms with Gasteiger partial charge in [-0.1, -0.05) is 16.8 Å². The predicted octanol–water partition coefficient (Wildman–Crippen LogP) is 3.23. The van der Waals surface area contributed by atoms with Crippen LogP contribution in [0.5, 0.6) is 0 Å². The molecule has 0 aliphatic rings. The largest absolute Gasteiger partial charge is 0.343 e. The van der Waals surface area contributed by atoms with Gasteiger partial charge >= 0.3 is 0 Å². The molecule has 1 amide bonds. The molecule has 0 spiro atoms. The van der Waals surface area contributed by atoms with Gasteiger partial charge in [0.15, 0.2) is 0 Å². The molecule has 0 radical (unpaired) electrons. The lowest BCUT2D eigenvalue weighted by molar-refractivity contribution is 0.0945. The number of amides is 1. The van der Waals surface area contributed by atoms with Crippen molar-refractivity contribution >= 4 is 16.8 Å². The van der Waals surface area contributed by atoms with Crippen molar-refractivity contribution in [3.05, 3.63) is 71.5 Å². The lowest BCUT2D eigenvalue weighted by Crippen LogP contribution is -2.24. The fourth-order valence-corrected chi connectivity index (χ4v) is 2.81. The Hall–Kier alpha value is -3.61. The molecule has 0 saturated carbocycles. The SMILES string of the molecule is Cc1ccc2nc(C)c(C(=O)NCc3nc(-c4cccnc4)no3)cc2c1. The summed E-state index contributed by atoms with van der Waals surface area (Å²) >= 11 is 0. The molecule has 7 heteroatoms. The zero-order valence-electron chi connectivity index (χ0n) is 14.9. The maximum atomic E-state index is 12.6. The minimum Gasteiger partial charge on any atom is -0.343 e. The minimum atomic E-state index is -0.232. The number of benzene rings is 1. The Morgan fingerprint density at radius 1 is 1.15 bits per heavy atom. The van der Waals surface area contributed by atoms with Crippen molar-refractivity contribution in [3.8, 4) is 11.4 Å². The van der Waals surface area contributed by atoms with Gasteiger partial charge in [0.05, 0.1) is 23.3 Å². The lowest BCUT2D eigenvalue weighted by Gasteiger charge is -2.08. The minimum absolute atomic E-state index is 0.136. The third kappa shape index (κ3) is 3.52. The summed E-state index contributed by atoms with van der Waals surface area (Å²) in [5.74, 6) is 0.528. The van der Waals surface area contributed by atoms with E-state index in [1.165, 1.54) is 0 Å². The number of hydrogen-bond acceptors (Lipinski definition) is 6. The van der Waals surface area contributed by atoms with Crippen molar-refractivity contribution in [2.24, 2.45) is 0 Å². The first kappa shape index (κ1) is 16.8. The number of nitrogens with one attached hydrogen (secondary N) is 1. The molecule has 0 fully saturated rings. The molecule has 0 bridgehead atoms. The first-order valence-corrected chi connectivity index (χ1v) is 8.49. The zero-order chi connectivity index (χ0) is 18.8. The second kappa shape index (κ2) is 6.95.